The smallest absolute Gasteiger partial charge is 0.135 e. The molecule has 0 amide bonds. The van der Waals surface area contributed by atoms with Crippen molar-refractivity contribution in [3.63, 3.8) is 0 Å². The number of hydrogen-bond donors (Lipinski definition) is 0. The molecular weight excluding hydrogens is 835 g/mol. The number of benzene rings is 12. The van der Waals surface area contributed by atoms with Crippen LogP contribution in [0.2, 0.25) is 0 Å². The Kier molecular flexibility index (Phi) is 8.84. The molecule has 2 aromatic heterocycles. The summed E-state index contributed by atoms with van der Waals surface area (Å²) in [4.78, 5) is 0. The Balaban J connectivity index is 0.988. The lowest BCUT2D eigenvalue weighted by atomic mass is 9.82. The lowest BCUT2D eigenvalue weighted by Crippen LogP contribution is -1.94. The van der Waals surface area contributed by atoms with Crippen LogP contribution < -0.4 is 0 Å². The molecule has 0 bridgehead atoms. The maximum Gasteiger partial charge on any atom is 0.135 e. The van der Waals surface area contributed by atoms with Crippen LogP contribution >= 0.6 is 0 Å². The predicted octanol–water partition coefficient (Wildman–Crippen LogP) is 18.8. The van der Waals surface area contributed by atoms with Gasteiger partial charge in [-0.3, -0.25) is 0 Å². The summed E-state index contributed by atoms with van der Waals surface area (Å²) < 4.78 is 8.72. The van der Waals surface area contributed by atoms with Gasteiger partial charge in [0.1, 0.15) is 11.2 Å². The Bertz CT molecular complexity index is 4300. The minimum Gasteiger partial charge on any atom is -0.456 e. The molecule has 0 aliphatic carbocycles. The van der Waals surface area contributed by atoms with Crippen LogP contribution in [0.1, 0.15) is 5.56 Å². The molecule has 69 heavy (non-hydrogen) atoms. The fourth-order valence-corrected chi connectivity index (χ4v) is 11.5. The highest BCUT2D eigenvalue weighted by Gasteiger charge is 2.22. The number of fused-ring (bicyclic) bond motifs is 9. The third-order valence-electron chi connectivity index (χ3n) is 14.5. The first-order valence-electron chi connectivity index (χ1n) is 23.8. The van der Waals surface area contributed by atoms with Gasteiger partial charge in [-0.1, -0.05) is 194 Å². The number of aryl methyl sites for hydroxylation is 1. The highest BCUT2D eigenvalue weighted by atomic mass is 16.3. The van der Waals surface area contributed by atoms with Crippen molar-refractivity contribution < 1.29 is 4.42 Å². The molecule has 12 aromatic carbocycles. The van der Waals surface area contributed by atoms with Crippen LogP contribution in [0.5, 0.6) is 0 Å². The summed E-state index contributed by atoms with van der Waals surface area (Å²) in [6, 6.07) is 89.0. The molecule has 0 saturated heterocycles. The van der Waals surface area contributed by atoms with Crippen molar-refractivity contribution in [2.75, 3.05) is 0 Å². The number of aromatic nitrogens is 1. The maximum atomic E-state index is 6.33. The fourth-order valence-electron chi connectivity index (χ4n) is 11.5. The number of hydrogen-bond acceptors (Lipinski definition) is 1. The number of nitrogens with zero attached hydrogens (tertiary/aromatic N) is 1. The molecule has 0 aliphatic heterocycles. The predicted molar refractivity (Wildman–Crippen MR) is 292 cm³/mol. The molecular formula is C67H43NO. The molecule has 2 nitrogen and oxygen atoms in total. The van der Waals surface area contributed by atoms with E-state index in [1.807, 2.05) is 6.07 Å². The Morgan fingerprint density at radius 2 is 0.797 bits per heavy atom. The third kappa shape index (κ3) is 6.12. The Morgan fingerprint density at radius 3 is 1.51 bits per heavy atom. The van der Waals surface area contributed by atoms with E-state index in [2.05, 4.69) is 248 Å². The molecule has 2 heteroatoms. The average Bonchev–Trinajstić information content (AvgIpc) is 3.96. The highest BCUT2D eigenvalue weighted by molar-refractivity contribution is 6.24. The zero-order valence-electron chi connectivity index (χ0n) is 37.9. The summed E-state index contributed by atoms with van der Waals surface area (Å²) in [5, 5.41) is 12.2. The summed E-state index contributed by atoms with van der Waals surface area (Å²) in [6.45, 7) is 2.25. The Hall–Kier alpha value is -8.98. The van der Waals surface area contributed by atoms with Gasteiger partial charge in [0.2, 0.25) is 0 Å². The van der Waals surface area contributed by atoms with Gasteiger partial charge in [0.25, 0.3) is 0 Å². The molecule has 0 saturated carbocycles. The summed E-state index contributed by atoms with van der Waals surface area (Å²) in [5.74, 6) is 0. The van der Waals surface area contributed by atoms with E-state index in [4.69, 9.17) is 4.42 Å². The standard InChI is InChI=1S/C67H43NO/c1-42-30-31-43-16-5-6-19-49(43)64(42)67-56-24-9-7-22-54(56)66(55-23-8-10-25-57(55)67)45-34-32-44(33-35-45)65-50(26-15-27-51(65)47-37-39-63-59(41-47)53-21-12-14-29-62(53)69-63)46-36-38-61-58(40-46)52-20-11-13-28-60(52)68(61)48-17-3-2-4-18-48/h2-41H,1H3. The van der Waals surface area contributed by atoms with E-state index < -0.39 is 0 Å². The molecule has 2 heterocycles. The summed E-state index contributed by atoms with van der Waals surface area (Å²) in [5.41, 5.74) is 18.7. The van der Waals surface area contributed by atoms with Gasteiger partial charge in [-0.15, -0.1) is 0 Å². The van der Waals surface area contributed by atoms with Gasteiger partial charge in [0.05, 0.1) is 11.0 Å². The molecule has 322 valence electrons. The summed E-state index contributed by atoms with van der Waals surface area (Å²) in [7, 11) is 0. The topological polar surface area (TPSA) is 18.1 Å². The van der Waals surface area contributed by atoms with E-state index in [-0.39, 0.29) is 0 Å². The van der Waals surface area contributed by atoms with Crippen molar-refractivity contribution in [2.24, 2.45) is 0 Å². The normalized spacial score (nSPS) is 11.8. The fraction of sp³-hybridized carbons (Fsp3) is 0.0149. The van der Waals surface area contributed by atoms with Gasteiger partial charge in [-0.2, -0.15) is 0 Å². The van der Waals surface area contributed by atoms with Crippen LogP contribution in [-0.2, 0) is 0 Å². The van der Waals surface area contributed by atoms with Crippen molar-refractivity contribution in [2.45, 2.75) is 6.92 Å². The van der Waals surface area contributed by atoms with Crippen LogP contribution in [0.4, 0.5) is 0 Å². The molecule has 0 spiro atoms. The van der Waals surface area contributed by atoms with E-state index >= 15 is 0 Å². The van der Waals surface area contributed by atoms with E-state index in [1.165, 1.54) is 104 Å². The molecule has 0 radical (unpaired) electrons. The first-order chi connectivity index (χ1) is 34.2. The first kappa shape index (κ1) is 39.2. The van der Waals surface area contributed by atoms with Gasteiger partial charge >= 0.3 is 0 Å². The van der Waals surface area contributed by atoms with Crippen LogP contribution in [0, 0.1) is 6.92 Å². The van der Waals surface area contributed by atoms with Crippen molar-refractivity contribution in [1.82, 2.24) is 4.57 Å². The van der Waals surface area contributed by atoms with Crippen LogP contribution in [0.15, 0.2) is 247 Å². The third-order valence-corrected chi connectivity index (χ3v) is 14.5. The van der Waals surface area contributed by atoms with Crippen LogP contribution in [0.3, 0.4) is 0 Å². The molecule has 14 rings (SSSR count). The van der Waals surface area contributed by atoms with Gasteiger partial charge < -0.3 is 8.98 Å². The van der Waals surface area contributed by atoms with Crippen molar-refractivity contribution in [3.05, 3.63) is 248 Å². The molecule has 0 atom stereocenters. The highest BCUT2D eigenvalue weighted by Crippen LogP contribution is 2.48. The number of rotatable bonds is 6. The minimum absolute atomic E-state index is 0.892. The van der Waals surface area contributed by atoms with Crippen LogP contribution in [0.25, 0.3) is 137 Å². The number of furan rings is 1. The molecule has 0 aliphatic rings. The lowest BCUT2D eigenvalue weighted by molar-refractivity contribution is 0.669. The Morgan fingerprint density at radius 1 is 0.290 bits per heavy atom. The number of para-hydroxylation sites is 3. The minimum atomic E-state index is 0.892. The quantitative estimate of drug-likeness (QED) is 0.152. The zero-order valence-corrected chi connectivity index (χ0v) is 37.9. The summed E-state index contributed by atoms with van der Waals surface area (Å²) >= 11 is 0. The Labute approximate surface area is 399 Å². The summed E-state index contributed by atoms with van der Waals surface area (Å²) in [6.07, 6.45) is 0. The van der Waals surface area contributed by atoms with Crippen molar-refractivity contribution in [3.8, 4) is 61.3 Å². The van der Waals surface area contributed by atoms with Gasteiger partial charge in [0, 0.05) is 27.2 Å². The molecule has 0 N–H and O–H groups in total. The van der Waals surface area contributed by atoms with E-state index in [0.29, 0.717) is 0 Å². The van der Waals surface area contributed by atoms with Crippen LogP contribution in [-0.4, -0.2) is 4.57 Å². The zero-order chi connectivity index (χ0) is 45.6. The SMILES string of the molecule is Cc1ccc2ccccc2c1-c1c2ccccc2c(-c2ccc(-c3c(-c4ccc5oc6ccccc6c5c4)cccc3-c3ccc4c(c3)c3ccccc3n4-c3ccccc3)cc2)c2ccccc12. The van der Waals surface area contributed by atoms with E-state index in [0.717, 1.165) is 38.8 Å². The molecule has 14 aromatic rings. The first-order valence-corrected chi connectivity index (χ1v) is 23.8. The second-order valence-corrected chi connectivity index (χ2v) is 18.4. The second-order valence-electron chi connectivity index (χ2n) is 18.4. The maximum absolute atomic E-state index is 6.33. The largest absolute Gasteiger partial charge is 0.456 e. The van der Waals surface area contributed by atoms with E-state index in [9.17, 15) is 0 Å². The van der Waals surface area contributed by atoms with Gasteiger partial charge in [0.15, 0.2) is 0 Å². The lowest BCUT2D eigenvalue weighted by Gasteiger charge is -2.21. The van der Waals surface area contributed by atoms with Gasteiger partial charge in [-0.05, 0) is 149 Å². The molecule has 0 fully saturated rings. The van der Waals surface area contributed by atoms with Crippen molar-refractivity contribution in [1.29, 1.82) is 0 Å². The second kappa shape index (κ2) is 15.6. The van der Waals surface area contributed by atoms with Crippen molar-refractivity contribution >= 4 is 76.1 Å². The average molecular weight is 878 g/mol. The monoisotopic (exact) mass is 877 g/mol. The van der Waals surface area contributed by atoms with E-state index in [1.54, 1.807) is 0 Å². The molecule has 0 unspecified atom stereocenters. The van der Waals surface area contributed by atoms with Gasteiger partial charge in [-0.25, -0.2) is 0 Å².